The number of hydrogen-bond donors (Lipinski definition) is 2. The third-order valence-electron chi connectivity index (χ3n) is 3.41. The molecule has 0 aliphatic carbocycles. The van der Waals surface area contributed by atoms with Crippen molar-refractivity contribution in [2.24, 2.45) is 0 Å². The van der Waals surface area contributed by atoms with Crippen LogP contribution in [-0.4, -0.2) is 11.7 Å². The highest BCUT2D eigenvalue weighted by molar-refractivity contribution is 5.49. The Morgan fingerprint density at radius 1 is 1.15 bits per heavy atom. The molecule has 0 fully saturated rings. The van der Waals surface area contributed by atoms with E-state index in [2.05, 4.69) is 18.3 Å². The molecular formula is C17H18N2O. The lowest BCUT2D eigenvalue weighted by atomic mass is 10.0. The van der Waals surface area contributed by atoms with E-state index in [0.717, 1.165) is 11.3 Å². The van der Waals surface area contributed by atoms with Crippen LogP contribution in [0.15, 0.2) is 42.5 Å². The first-order valence-corrected chi connectivity index (χ1v) is 6.59. The van der Waals surface area contributed by atoms with E-state index in [-0.39, 0.29) is 0 Å². The number of nitriles is 1. The maximum atomic E-state index is 10.2. The zero-order chi connectivity index (χ0) is 14.5. The van der Waals surface area contributed by atoms with Crippen LogP contribution in [-0.2, 0) is 0 Å². The van der Waals surface area contributed by atoms with Crippen molar-refractivity contribution >= 4 is 5.69 Å². The van der Waals surface area contributed by atoms with E-state index in [1.165, 1.54) is 11.1 Å². The van der Waals surface area contributed by atoms with E-state index in [0.29, 0.717) is 12.1 Å². The van der Waals surface area contributed by atoms with Gasteiger partial charge >= 0.3 is 0 Å². The fourth-order valence-corrected chi connectivity index (χ4v) is 2.00. The molecule has 0 heterocycles. The fourth-order valence-electron chi connectivity index (χ4n) is 2.00. The summed E-state index contributed by atoms with van der Waals surface area (Å²) in [5.74, 6) is 0. The van der Waals surface area contributed by atoms with Crippen LogP contribution >= 0.6 is 0 Å². The Hall–Kier alpha value is -2.31. The molecule has 0 spiro atoms. The van der Waals surface area contributed by atoms with Gasteiger partial charge in [0.25, 0.3) is 0 Å². The Balaban J connectivity index is 2.02. The zero-order valence-electron chi connectivity index (χ0n) is 11.7. The Kier molecular flexibility index (Phi) is 4.39. The van der Waals surface area contributed by atoms with Crippen molar-refractivity contribution in [3.05, 3.63) is 64.7 Å². The van der Waals surface area contributed by atoms with E-state index < -0.39 is 6.10 Å². The largest absolute Gasteiger partial charge is 0.387 e. The van der Waals surface area contributed by atoms with Gasteiger partial charge in [0.05, 0.1) is 17.7 Å². The molecule has 2 rings (SSSR count). The smallest absolute Gasteiger partial charge is 0.0992 e. The highest BCUT2D eigenvalue weighted by atomic mass is 16.3. The second-order valence-corrected chi connectivity index (χ2v) is 4.93. The van der Waals surface area contributed by atoms with E-state index >= 15 is 0 Å². The summed E-state index contributed by atoms with van der Waals surface area (Å²) in [5, 5.41) is 22.2. The van der Waals surface area contributed by atoms with Crippen molar-refractivity contribution < 1.29 is 5.11 Å². The third-order valence-corrected chi connectivity index (χ3v) is 3.41. The quantitative estimate of drug-likeness (QED) is 0.892. The minimum absolute atomic E-state index is 0.414. The number of aliphatic hydroxyl groups is 1. The molecule has 2 aromatic carbocycles. The van der Waals surface area contributed by atoms with Gasteiger partial charge in [-0.05, 0) is 48.7 Å². The second-order valence-electron chi connectivity index (χ2n) is 4.93. The average Bonchev–Trinajstić information content (AvgIpc) is 2.47. The van der Waals surface area contributed by atoms with Gasteiger partial charge in [-0.25, -0.2) is 0 Å². The van der Waals surface area contributed by atoms with Gasteiger partial charge in [0.15, 0.2) is 0 Å². The van der Waals surface area contributed by atoms with Crippen molar-refractivity contribution in [2.45, 2.75) is 20.0 Å². The molecule has 1 unspecified atom stereocenters. The van der Waals surface area contributed by atoms with Crippen molar-refractivity contribution in [1.82, 2.24) is 0 Å². The summed E-state index contributed by atoms with van der Waals surface area (Å²) < 4.78 is 0. The van der Waals surface area contributed by atoms with Gasteiger partial charge in [-0.3, -0.25) is 0 Å². The number of nitrogens with zero attached hydrogens (tertiary/aromatic N) is 1. The summed E-state index contributed by atoms with van der Waals surface area (Å²) in [4.78, 5) is 0. The molecule has 0 saturated heterocycles. The lowest BCUT2D eigenvalue weighted by Gasteiger charge is -2.14. The summed E-state index contributed by atoms with van der Waals surface area (Å²) in [7, 11) is 0. The minimum atomic E-state index is -0.569. The molecule has 0 aliphatic heterocycles. The first-order valence-electron chi connectivity index (χ1n) is 6.59. The molecule has 2 aromatic rings. The molecule has 0 aliphatic rings. The number of rotatable bonds is 4. The topological polar surface area (TPSA) is 56.0 Å². The monoisotopic (exact) mass is 266 g/mol. The van der Waals surface area contributed by atoms with Crippen LogP contribution in [0.1, 0.15) is 28.4 Å². The van der Waals surface area contributed by atoms with Crippen LogP contribution in [0.25, 0.3) is 0 Å². The lowest BCUT2D eigenvalue weighted by Crippen LogP contribution is -2.12. The van der Waals surface area contributed by atoms with E-state index in [1.54, 1.807) is 12.1 Å². The Labute approximate surface area is 119 Å². The van der Waals surface area contributed by atoms with Crippen molar-refractivity contribution in [3.63, 3.8) is 0 Å². The van der Waals surface area contributed by atoms with E-state index in [9.17, 15) is 5.11 Å². The Bertz CT molecular complexity index is 644. The standard InChI is InChI=1S/C17H18N2O/c1-12-6-7-15(8-13(12)2)17(20)11-19-16-5-3-4-14(9-16)10-18/h3-9,17,19-20H,11H2,1-2H3. The summed E-state index contributed by atoms with van der Waals surface area (Å²) >= 11 is 0. The highest BCUT2D eigenvalue weighted by Crippen LogP contribution is 2.18. The molecule has 20 heavy (non-hydrogen) atoms. The van der Waals surface area contributed by atoms with Gasteiger partial charge in [-0.2, -0.15) is 5.26 Å². The first kappa shape index (κ1) is 14.1. The number of aryl methyl sites for hydroxylation is 2. The van der Waals surface area contributed by atoms with Gasteiger partial charge in [-0.1, -0.05) is 24.3 Å². The molecule has 0 radical (unpaired) electrons. The normalized spacial score (nSPS) is 11.7. The SMILES string of the molecule is Cc1ccc(C(O)CNc2cccc(C#N)c2)cc1C. The molecule has 0 saturated carbocycles. The predicted molar refractivity (Wildman–Crippen MR) is 80.5 cm³/mol. The van der Waals surface area contributed by atoms with Gasteiger partial charge in [0.1, 0.15) is 0 Å². The van der Waals surface area contributed by atoms with Crippen LogP contribution in [0, 0.1) is 25.2 Å². The van der Waals surface area contributed by atoms with E-state index in [4.69, 9.17) is 5.26 Å². The molecule has 0 bridgehead atoms. The van der Waals surface area contributed by atoms with Gasteiger partial charge in [0.2, 0.25) is 0 Å². The average molecular weight is 266 g/mol. The van der Waals surface area contributed by atoms with Crippen LogP contribution in [0.3, 0.4) is 0 Å². The first-order chi connectivity index (χ1) is 9.60. The lowest BCUT2D eigenvalue weighted by molar-refractivity contribution is 0.191. The molecular weight excluding hydrogens is 248 g/mol. The summed E-state index contributed by atoms with van der Waals surface area (Å²) in [6.07, 6.45) is -0.569. The summed E-state index contributed by atoms with van der Waals surface area (Å²) in [6, 6.07) is 15.3. The highest BCUT2D eigenvalue weighted by Gasteiger charge is 2.08. The number of benzene rings is 2. The Morgan fingerprint density at radius 3 is 2.65 bits per heavy atom. The maximum Gasteiger partial charge on any atom is 0.0992 e. The maximum absolute atomic E-state index is 10.2. The van der Waals surface area contributed by atoms with Gasteiger partial charge in [0, 0.05) is 12.2 Å². The minimum Gasteiger partial charge on any atom is -0.387 e. The van der Waals surface area contributed by atoms with Gasteiger partial charge < -0.3 is 10.4 Å². The molecule has 0 amide bonds. The van der Waals surface area contributed by atoms with Gasteiger partial charge in [-0.15, -0.1) is 0 Å². The van der Waals surface area contributed by atoms with Crippen LogP contribution in [0.2, 0.25) is 0 Å². The number of aliphatic hydroxyl groups excluding tert-OH is 1. The number of nitrogens with one attached hydrogen (secondary N) is 1. The second kappa shape index (κ2) is 6.23. The van der Waals surface area contributed by atoms with Crippen LogP contribution < -0.4 is 5.32 Å². The molecule has 1 atom stereocenters. The fraction of sp³-hybridized carbons (Fsp3) is 0.235. The van der Waals surface area contributed by atoms with Crippen molar-refractivity contribution in [2.75, 3.05) is 11.9 Å². The molecule has 2 N–H and O–H groups in total. The summed E-state index contributed by atoms with van der Waals surface area (Å²) in [5.41, 5.74) is 4.74. The van der Waals surface area contributed by atoms with Crippen molar-refractivity contribution in [3.8, 4) is 6.07 Å². The molecule has 3 nitrogen and oxygen atoms in total. The van der Waals surface area contributed by atoms with E-state index in [1.807, 2.05) is 37.3 Å². The van der Waals surface area contributed by atoms with Crippen molar-refractivity contribution in [1.29, 1.82) is 5.26 Å². The zero-order valence-corrected chi connectivity index (χ0v) is 11.7. The number of hydrogen-bond acceptors (Lipinski definition) is 3. The third kappa shape index (κ3) is 3.37. The number of anilines is 1. The van der Waals surface area contributed by atoms with Crippen LogP contribution in [0.5, 0.6) is 0 Å². The molecule has 3 heteroatoms. The molecule has 0 aromatic heterocycles. The Morgan fingerprint density at radius 2 is 1.95 bits per heavy atom. The predicted octanol–water partition coefficient (Wildman–Crippen LogP) is 3.32. The van der Waals surface area contributed by atoms with Crippen LogP contribution in [0.4, 0.5) is 5.69 Å². The molecule has 102 valence electrons. The summed E-state index contributed by atoms with van der Waals surface area (Å²) in [6.45, 7) is 4.50.